The molecule has 112 valence electrons. The van der Waals surface area contributed by atoms with Gasteiger partial charge in [0.25, 0.3) is 5.91 Å². The number of carbonyl (C=O) groups excluding carboxylic acids is 1. The molecule has 0 spiro atoms. The molecule has 3 rings (SSSR count). The third-order valence-corrected chi connectivity index (χ3v) is 4.55. The lowest BCUT2D eigenvalue weighted by Gasteiger charge is -2.15. The first-order valence-electron chi connectivity index (χ1n) is 7.22. The van der Waals surface area contributed by atoms with Gasteiger partial charge in [-0.2, -0.15) is 5.10 Å². The van der Waals surface area contributed by atoms with Crippen LogP contribution in [-0.4, -0.2) is 16.1 Å². The van der Waals surface area contributed by atoms with Crippen molar-refractivity contribution in [1.82, 2.24) is 15.5 Å². The summed E-state index contributed by atoms with van der Waals surface area (Å²) >= 11 is 1.67. The third-order valence-electron chi connectivity index (χ3n) is 3.56. The van der Waals surface area contributed by atoms with Gasteiger partial charge in [-0.05, 0) is 41.6 Å². The summed E-state index contributed by atoms with van der Waals surface area (Å²) in [5, 5.41) is 12.0. The minimum Gasteiger partial charge on any atom is -0.344 e. The van der Waals surface area contributed by atoms with Crippen LogP contribution in [0.2, 0.25) is 0 Å². The molecule has 0 fully saturated rings. The summed E-state index contributed by atoms with van der Waals surface area (Å²) in [4.78, 5) is 13.6. The van der Waals surface area contributed by atoms with Gasteiger partial charge in [-0.1, -0.05) is 25.1 Å². The highest BCUT2D eigenvalue weighted by Gasteiger charge is 2.14. The summed E-state index contributed by atoms with van der Waals surface area (Å²) in [6, 6.07) is 13.6. The summed E-state index contributed by atoms with van der Waals surface area (Å²) in [5.74, 6) is -0.0450. The molecule has 22 heavy (non-hydrogen) atoms. The van der Waals surface area contributed by atoms with Crippen LogP contribution in [0.15, 0.2) is 54.0 Å². The van der Waals surface area contributed by atoms with E-state index in [1.165, 1.54) is 4.88 Å². The van der Waals surface area contributed by atoms with Gasteiger partial charge in [-0.3, -0.25) is 9.89 Å². The van der Waals surface area contributed by atoms with Crippen molar-refractivity contribution in [2.24, 2.45) is 0 Å². The first kappa shape index (κ1) is 14.5. The van der Waals surface area contributed by atoms with Crippen molar-refractivity contribution in [2.75, 3.05) is 0 Å². The van der Waals surface area contributed by atoms with Crippen LogP contribution in [0.3, 0.4) is 0 Å². The van der Waals surface area contributed by atoms with E-state index in [4.69, 9.17) is 0 Å². The molecule has 0 radical (unpaired) electrons. The predicted octanol–water partition coefficient (Wildman–Crippen LogP) is 4.02. The smallest absolute Gasteiger partial charge is 0.251 e. The Kier molecular flexibility index (Phi) is 4.34. The normalized spacial score (nSPS) is 12.0. The fraction of sp³-hybridized carbons (Fsp3) is 0.176. The number of rotatable bonds is 5. The molecular weight excluding hydrogens is 294 g/mol. The molecule has 2 N–H and O–H groups in total. The van der Waals surface area contributed by atoms with Crippen LogP contribution < -0.4 is 5.32 Å². The molecule has 2 aromatic heterocycles. The van der Waals surface area contributed by atoms with Crippen LogP contribution in [0, 0.1) is 0 Å². The maximum Gasteiger partial charge on any atom is 0.251 e. The van der Waals surface area contributed by atoms with Gasteiger partial charge in [0.15, 0.2) is 0 Å². The number of aromatic nitrogens is 2. The summed E-state index contributed by atoms with van der Waals surface area (Å²) in [5.41, 5.74) is 2.62. The van der Waals surface area contributed by atoms with Gasteiger partial charge in [0, 0.05) is 16.6 Å². The Morgan fingerprint density at radius 1 is 1.27 bits per heavy atom. The SMILES string of the molecule is CC[C@H](NC(=O)c1ccc(-c2ccn[nH]2)cc1)c1cccs1. The summed E-state index contributed by atoms with van der Waals surface area (Å²) in [6.07, 6.45) is 2.58. The lowest BCUT2D eigenvalue weighted by Crippen LogP contribution is -2.27. The summed E-state index contributed by atoms with van der Waals surface area (Å²) in [6.45, 7) is 2.08. The number of nitrogens with one attached hydrogen (secondary N) is 2. The molecule has 0 saturated carbocycles. The first-order valence-corrected chi connectivity index (χ1v) is 8.10. The highest BCUT2D eigenvalue weighted by Crippen LogP contribution is 2.22. The number of amides is 1. The minimum atomic E-state index is -0.0450. The quantitative estimate of drug-likeness (QED) is 0.747. The molecule has 0 unspecified atom stereocenters. The summed E-state index contributed by atoms with van der Waals surface area (Å²) in [7, 11) is 0. The molecular formula is C17H17N3OS. The molecule has 1 atom stereocenters. The zero-order valence-corrected chi connectivity index (χ0v) is 13.1. The number of H-pyrrole nitrogens is 1. The Hall–Kier alpha value is -2.40. The van der Waals surface area contributed by atoms with E-state index in [-0.39, 0.29) is 11.9 Å². The zero-order valence-electron chi connectivity index (χ0n) is 12.2. The second-order valence-electron chi connectivity index (χ2n) is 5.00. The predicted molar refractivity (Wildman–Crippen MR) is 88.8 cm³/mol. The van der Waals surface area contributed by atoms with Crippen LogP contribution >= 0.6 is 11.3 Å². The van der Waals surface area contributed by atoms with Gasteiger partial charge in [0.2, 0.25) is 0 Å². The number of nitrogens with zero attached hydrogens (tertiary/aromatic N) is 1. The number of thiophene rings is 1. The highest BCUT2D eigenvalue weighted by atomic mass is 32.1. The van der Waals surface area contributed by atoms with Crippen LogP contribution in [0.25, 0.3) is 11.3 Å². The van der Waals surface area contributed by atoms with E-state index in [0.717, 1.165) is 17.7 Å². The minimum absolute atomic E-state index is 0.0450. The average Bonchev–Trinajstić information content (AvgIpc) is 3.25. The van der Waals surface area contributed by atoms with Crippen molar-refractivity contribution in [1.29, 1.82) is 0 Å². The molecule has 2 heterocycles. The Morgan fingerprint density at radius 3 is 2.68 bits per heavy atom. The van der Waals surface area contributed by atoms with Crippen molar-refractivity contribution < 1.29 is 4.79 Å². The van der Waals surface area contributed by atoms with Crippen molar-refractivity contribution in [2.45, 2.75) is 19.4 Å². The molecule has 1 aromatic carbocycles. The number of hydrogen-bond acceptors (Lipinski definition) is 3. The number of aromatic amines is 1. The number of hydrogen-bond donors (Lipinski definition) is 2. The van der Waals surface area contributed by atoms with E-state index in [1.54, 1.807) is 17.5 Å². The van der Waals surface area contributed by atoms with E-state index in [0.29, 0.717) is 5.56 Å². The molecule has 0 aliphatic heterocycles. The molecule has 0 bridgehead atoms. The van der Waals surface area contributed by atoms with Gasteiger partial charge in [-0.15, -0.1) is 11.3 Å². The average molecular weight is 311 g/mol. The van der Waals surface area contributed by atoms with Crippen LogP contribution in [0.5, 0.6) is 0 Å². The van der Waals surface area contributed by atoms with E-state index in [1.807, 2.05) is 41.8 Å². The van der Waals surface area contributed by atoms with Crippen LogP contribution in [0.4, 0.5) is 0 Å². The zero-order chi connectivity index (χ0) is 15.4. The fourth-order valence-corrected chi connectivity index (χ4v) is 3.18. The fourth-order valence-electron chi connectivity index (χ4n) is 2.32. The first-order chi connectivity index (χ1) is 10.8. The molecule has 0 aliphatic carbocycles. The Morgan fingerprint density at radius 2 is 2.09 bits per heavy atom. The second kappa shape index (κ2) is 6.58. The monoisotopic (exact) mass is 311 g/mol. The summed E-state index contributed by atoms with van der Waals surface area (Å²) < 4.78 is 0. The highest BCUT2D eigenvalue weighted by molar-refractivity contribution is 7.10. The Balaban J connectivity index is 1.72. The molecule has 3 aromatic rings. The Labute approximate surface area is 133 Å². The van der Waals surface area contributed by atoms with Crippen molar-refractivity contribution in [3.05, 3.63) is 64.5 Å². The molecule has 0 aliphatic rings. The topological polar surface area (TPSA) is 57.8 Å². The van der Waals surface area contributed by atoms with Gasteiger partial charge >= 0.3 is 0 Å². The lowest BCUT2D eigenvalue weighted by molar-refractivity contribution is 0.0936. The standard InChI is InChI=1S/C17H17N3OS/c1-2-14(16-4-3-11-22-16)19-17(21)13-7-5-12(6-8-13)15-9-10-18-20-15/h3-11,14H,2H2,1H3,(H,18,20)(H,19,21)/t14-/m0/s1. The van der Waals surface area contributed by atoms with Crippen LogP contribution in [0.1, 0.15) is 34.6 Å². The van der Waals surface area contributed by atoms with E-state index in [2.05, 4.69) is 28.5 Å². The van der Waals surface area contributed by atoms with Crippen molar-refractivity contribution in [3.63, 3.8) is 0 Å². The lowest BCUT2D eigenvalue weighted by atomic mass is 10.1. The van der Waals surface area contributed by atoms with E-state index < -0.39 is 0 Å². The molecule has 4 nitrogen and oxygen atoms in total. The van der Waals surface area contributed by atoms with Crippen molar-refractivity contribution >= 4 is 17.2 Å². The third kappa shape index (κ3) is 3.09. The molecule has 0 saturated heterocycles. The molecule has 1 amide bonds. The number of carbonyl (C=O) groups is 1. The second-order valence-corrected chi connectivity index (χ2v) is 5.98. The largest absolute Gasteiger partial charge is 0.344 e. The molecule has 5 heteroatoms. The van der Waals surface area contributed by atoms with Gasteiger partial charge < -0.3 is 5.32 Å². The van der Waals surface area contributed by atoms with Crippen LogP contribution in [-0.2, 0) is 0 Å². The van der Waals surface area contributed by atoms with Crippen molar-refractivity contribution in [3.8, 4) is 11.3 Å². The maximum absolute atomic E-state index is 12.4. The number of benzene rings is 1. The van der Waals surface area contributed by atoms with Gasteiger partial charge in [0.05, 0.1) is 11.7 Å². The van der Waals surface area contributed by atoms with E-state index >= 15 is 0 Å². The Bertz CT molecular complexity index is 718. The van der Waals surface area contributed by atoms with E-state index in [9.17, 15) is 4.79 Å². The van der Waals surface area contributed by atoms with Gasteiger partial charge in [-0.25, -0.2) is 0 Å². The van der Waals surface area contributed by atoms with Gasteiger partial charge in [0.1, 0.15) is 0 Å². The maximum atomic E-state index is 12.4.